The molecule has 2 rings (SSSR count). The van der Waals surface area contributed by atoms with Gasteiger partial charge in [0.2, 0.25) is 10.0 Å². The highest BCUT2D eigenvalue weighted by Gasteiger charge is 2.30. The van der Waals surface area contributed by atoms with Gasteiger partial charge in [-0.15, -0.1) is 11.3 Å². The molecule has 0 aliphatic heterocycles. The molecule has 0 fully saturated rings. The van der Waals surface area contributed by atoms with Crippen LogP contribution in [0, 0.1) is 5.82 Å². The van der Waals surface area contributed by atoms with Crippen LogP contribution in [0.3, 0.4) is 0 Å². The van der Waals surface area contributed by atoms with E-state index in [1.165, 1.54) is 37.4 Å². The molecule has 1 heterocycles. The average Bonchev–Trinajstić information content (AvgIpc) is 3.04. The zero-order valence-electron chi connectivity index (χ0n) is 14.0. The minimum Gasteiger partial charge on any atom is -0.478 e. The molecule has 1 aromatic carbocycles. The van der Waals surface area contributed by atoms with Crippen LogP contribution in [-0.2, 0) is 21.4 Å². The van der Waals surface area contributed by atoms with E-state index in [0.717, 1.165) is 11.3 Å². The maximum absolute atomic E-state index is 12.9. The molecule has 1 amide bonds. The third kappa shape index (κ3) is 5.00. The molecule has 6 nitrogen and oxygen atoms in total. The van der Waals surface area contributed by atoms with Gasteiger partial charge in [-0.3, -0.25) is 4.79 Å². The summed E-state index contributed by atoms with van der Waals surface area (Å²) in [7, 11) is -2.15. The summed E-state index contributed by atoms with van der Waals surface area (Å²) in [6, 6.07) is 8.51. The van der Waals surface area contributed by atoms with Gasteiger partial charge in [0, 0.05) is 4.88 Å². The van der Waals surface area contributed by atoms with Crippen LogP contribution in [0.5, 0.6) is 5.75 Å². The molecule has 9 heteroatoms. The number of nitrogens with one attached hydrogen (secondary N) is 2. The van der Waals surface area contributed by atoms with Crippen molar-refractivity contribution < 1.29 is 22.3 Å². The number of carbonyl (C=O) groups is 1. The highest BCUT2D eigenvalue weighted by Crippen LogP contribution is 2.22. The Morgan fingerprint density at radius 3 is 2.44 bits per heavy atom. The normalized spacial score (nSPS) is 12.0. The fourth-order valence-electron chi connectivity index (χ4n) is 1.92. The Labute approximate surface area is 150 Å². The highest BCUT2D eigenvalue weighted by molar-refractivity contribution is 7.91. The zero-order valence-corrected chi connectivity index (χ0v) is 15.6. The van der Waals surface area contributed by atoms with Crippen LogP contribution >= 0.6 is 11.3 Å². The summed E-state index contributed by atoms with van der Waals surface area (Å²) < 4.78 is 44.3. The second-order valence-electron chi connectivity index (χ2n) is 5.68. The van der Waals surface area contributed by atoms with Crippen molar-refractivity contribution in [3.05, 3.63) is 47.1 Å². The fourth-order valence-corrected chi connectivity index (χ4v) is 4.06. The van der Waals surface area contributed by atoms with Crippen LogP contribution in [0.2, 0.25) is 0 Å². The highest BCUT2D eigenvalue weighted by atomic mass is 32.2. The first kappa shape index (κ1) is 19.4. The van der Waals surface area contributed by atoms with Crippen molar-refractivity contribution in [3.8, 4) is 5.75 Å². The number of thiophene rings is 1. The van der Waals surface area contributed by atoms with Gasteiger partial charge in [0.15, 0.2) is 5.60 Å². The summed E-state index contributed by atoms with van der Waals surface area (Å²) >= 11 is 1.07. The van der Waals surface area contributed by atoms with E-state index in [4.69, 9.17) is 4.74 Å². The number of carbonyl (C=O) groups excluding carboxylic acids is 1. The van der Waals surface area contributed by atoms with E-state index in [-0.39, 0.29) is 22.5 Å². The quantitative estimate of drug-likeness (QED) is 0.765. The number of hydrogen-bond acceptors (Lipinski definition) is 5. The molecule has 1 aromatic heterocycles. The number of ether oxygens (including phenoxy) is 1. The van der Waals surface area contributed by atoms with Crippen LogP contribution in [0.15, 0.2) is 40.6 Å². The van der Waals surface area contributed by atoms with E-state index >= 15 is 0 Å². The van der Waals surface area contributed by atoms with Gasteiger partial charge < -0.3 is 10.1 Å². The molecule has 0 bridgehead atoms. The average molecular weight is 386 g/mol. The molecule has 0 aliphatic carbocycles. The van der Waals surface area contributed by atoms with E-state index < -0.39 is 15.6 Å². The third-order valence-electron chi connectivity index (χ3n) is 3.33. The van der Waals surface area contributed by atoms with Crippen LogP contribution in [0.4, 0.5) is 4.39 Å². The van der Waals surface area contributed by atoms with Crippen molar-refractivity contribution in [3.63, 3.8) is 0 Å². The first-order chi connectivity index (χ1) is 11.6. The predicted octanol–water partition coefficient (Wildman–Crippen LogP) is 2.27. The Bertz CT molecular complexity index is 845. The van der Waals surface area contributed by atoms with Crippen molar-refractivity contribution in [2.75, 3.05) is 7.05 Å². The number of halogens is 1. The second-order valence-corrected chi connectivity index (χ2v) is 8.96. The lowest BCUT2D eigenvalue weighted by Gasteiger charge is -2.25. The van der Waals surface area contributed by atoms with E-state index in [2.05, 4.69) is 10.0 Å². The molecule has 0 aliphatic rings. The Kier molecular flexibility index (Phi) is 5.81. The number of rotatable bonds is 7. The predicted molar refractivity (Wildman–Crippen MR) is 93.5 cm³/mol. The van der Waals surface area contributed by atoms with Gasteiger partial charge in [-0.1, -0.05) is 0 Å². The Balaban J connectivity index is 1.98. The molecule has 0 unspecified atom stereocenters. The topological polar surface area (TPSA) is 84.5 Å². The van der Waals surface area contributed by atoms with Crippen LogP contribution < -0.4 is 14.8 Å². The Morgan fingerprint density at radius 2 is 1.84 bits per heavy atom. The maximum Gasteiger partial charge on any atom is 0.263 e. The van der Waals surface area contributed by atoms with Gasteiger partial charge in [0.25, 0.3) is 5.91 Å². The summed E-state index contributed by atoms with van der Waals surface area (Å²) in [5.74, 6) is -0.386. The molecule has 0 spiro atoms. The molecular formula is C16H19FN2O4S2. The number of sulfonamides is 1. The van der Waals surface area contributed by atoms with Crippen LogP contribution in [0.25, 0.3) is 0 Å². The lowest BCUT2D eigenvalue weighted by Crippen LogP contribution is -2.46. The van der Waals surface area contributed by atoms with Crippen molar-refractivity contribution in [2.24, 2.45) is 0 Å². The first-order valence-corrected chi connectivity index (χ1v) is 9.69. The van der Waals surface area contributed by atoms with Crippen LogP contribution in [0.1, 0.15) is 18.7 Å². The summed E-state index contributed by atoms with van der Waals surface area (Å²) in [4.78, 5) is 13.0. The molecule has 2 aromatic rings. The molecule has 25 heavy (non-hydrogen) atoms. The lowest BCUT2D eigenvalue weighted by atomic mass is 10.1. The molecule has 136 valence electrons. The van der Waals surface area contributed by atoms with Crippen molar-refractivity contribution in [1.82, 2.24) is 10.0 Å². The molecular weight excluding hydrogens is 367 g/mol. The third-order valence-corrected chi connectivity index (χ3v) is 6.32. The largest absolute Gasteiger partial charge is 0.478 e. The van der Waals surface area contributed by atoms with Gasteiger partial charge in [-0.2, -0.15) is 0 Å². The SMILES string of the molecule is CNS(=O)(=O)c1ccc(CNC(=O)C(C)(C)Oc2ccc(F)cc2)s1. The summed E-state index contributed by atoms with van der Waals surface area (Å²) in [6.45, 7) is 3.37. The summed E-state index contributed by atoms with van der Waals surface area (Å²) in [6.07, 6.45) is 0. The van der Waals surface area contributed by atoms with Gasteiger partial charge in [0.1, 0.15) is 15.8 Å². The molecule has 0 atom stereocenters. The number of benzene rings is 1. The van der Waals surface area contributed by atoms with Crippen LogP contribution in [-0.4, -0.2) is 27.0 Å². The van der Waals surface area contributed by atoms with E-state index in [1.54, 1.807) is 19.9 Å². The van der Waals surface area contributed by atoms with E-state index in [0.29, 0.717) is 10.6 Å². The van der Waals surface area contributed by atoms with Gasteiger partial charge in [-0.25, -0.2) is 17.5 Å². The lowest BCUT2D eigenvalue weighted by molar-refractivity contribution is -0.134. The minimum absolute atomic E-state index is 0.180. The number of hydrogen-bond donors (Lipinski definition) is 2. The molecule has 0 radical (unpaired) electrons. The summed E-state index contributed by atoms with van der Waals surface area (Å²) in [5, 5.41) is 2.71. The summed E-state index contributed by atoms with van der Waals surface area (Å²) in [5.41, 5.74) is -1.17. The standard InChI is InChI=1S/C16H19FN2O4S2/c1-16(2,23-12-6-4-11(17)5-7-12)15(20)19-10-13-8-9-14(24-13)25(21,22)18-3/h4-9,18H,10H2,1-3H3,(H,19,20). The number of amides is 1. The zero-order chi connectivity index (χ0) is 18.7. The van der Waals surface area contributed by atoms with E-state index in [9.17, 15) is 17.6 Å². The molecule has 0 saturated carbocycles. The molecule has 2 N–H and O–H groups in total. The molecule has 0 saturated heterocycles. The fraction of sp³-hybridized carbons (Fsp3) is 0.312. The van der Waals surface area contributed by atoms with Gasteiger partial charge in [0.05, 0.1) is 6.54 Å². The maximum atomic E-state index is 12.9. The van der Waals surface area contributed by atoms with E-state index in [1.807, 2.05) is 0 Å². The minimum atomic E-state index is -3.49. The monoisotopic (exact) mass is 386 g/mol. The smallest absolute Gasteiger partial charge is 0.263 e. The van der Waals surface area contributed by atoms with Crippen molar-refractivity contribution >= 4 is 27.3 Å². The van der Waals surface area contributed by atoms with Crippen molar-refractivity contribution in [1.29, 1.82) is 0 Å². The van der Waals surface area contributed by atoms with Gasteiger partial charge in [-0.05, 0) is 57.3 Å². The Morgan fingerprint density at radius 1 is 1.20 bits per heavy atom. The Hall–Kier alpha value is -1.97. The second kappa shape index (κ2) is 7.51. The first-order valence-electron chi connectivity index (χ1n) is 7.39. The van der Waals surface area contributed by atoms with Crippen molar-refractivity contribution in [2.45, 2.75) is 30.2 Å². The van der Waals surface area contributed by atoms with Gasteiger partial charge >= 0.3 is 0 Å².